The maximum absolute atomic E-state index is 12.5. The highest BCUT2D eigenvalue weighted by Gasteiger charge is 2.38. The van der Waals surface area contributed by atoms with Gasteiger partial charge in [0, 0.05) is 18.5 Å². The molecule has 26 heavy (non-hydrogen) atoms. The van der Waals surface area contributed by atoms with Gasteiger partial charge < -0.3 is 9.42 Å². The van der Waals surface area contributed by atoms with Gasteiger partial charge in [0.2, 0.25) is 11.7 Å². The molecule has 0 bridgehead atoms. The molecule has 1 amide bonds. The number of amides is 1. The van der Waals surface area contributed by atoms with E-state index in [1.807, 2.05) is 0 Å². The molecule has 0 spiro atoms. The van der Waals surface area contributed by atoms with Crippen LogP contribution in [0.15, 0.2) is 41.4 Å². The Balaban J connectivity index is 2.10. The van der Waals surface area contributed by atoms with Gasteiger partial charge in [-0.2, -0.15) is 18.2 Å². The molecule has 2 rings (SSSR count). The Morgan fingerprint density at radius 3 is 2.58 bits per heavy atom. The topological polar surface area (TPSA) is 59.2 Å². The maximum Gasteiger partial charge on any atom is 0.471 e. The molecule has 0 aliphatic carbocycles. The van der Waals surface area contributed by atoms with E-state index in [9.17, 15) is 18.0 Å². The van der Waals surface area contributed by atoms with Crippen LogP contribution in [0.4, 0.5) is 13.2 Å². The van der Waals surface area contributed by atoms with Gasteiger partial charge in [-0.15, -0.1) is 13.0 Å². The average Bonchev–Trinajstić information content (AvgIpc) is 3.10. The van der Waals surface area contributed by atoms with Gasteiger partial charge in [0.1, 0.15) is 0 Å². The Morgan fingerprint density at radius 2 is 2.04 bits per heavy atom. The zero-order valence-corrected chi connectivity index (χ0v) is 13.8. The van der Waals surface area contributed by atoms with E-state index in [0.29, 0.717) is 24.9 Å². The van der Waals surface area contributed by atoms with E-state index in [2.05, 4.69) is 27.2 Å². The summed E-state index contributed by atoms with van der Waals surface area (Å²) in [4.78, 5) is 17.0. The number of hydrogen-bond donors (Lipinski definition) is 0. The molecule has 0 N–H and O–H groups in total. The van der Waals surface area contributed by atoms with E-state index in [-0.39, 0.29) is 18.3 Å². The van der Waals surface area contributed by atoms with Crippen molar-refractivity contribution in [3.8, 4) is 23.7 Å². The van der Waals surface area contributed by atoms with Crippen molar-refractivity contribution in [1.82, 2.24) is 15.0 Å². The number of allylic oxidation sites excluding steroid dienone is 1. The Bertz CT molecular complexity index is 804. The van der Waals surface area contributed by atoms with Gasteiger partial charge in [0.05, 0.1) is 6.54 Å². The smallest absolute Gasteiger partial charge is 0.329 e. The molecule has 1 aromatic heterocycles. The van der Waals surface area contributed by atoms with Crippen molar-refractivity contribution >= 4 is 5.91 Å². The van der Waals surface area contributed by atoms with E-state index in [0.717, 1.165) is 5.56 Å². The van der Waals surface area contributed by atoms with Crippen LogP contribution in [0.3, 0.4) is 0 Å². The molecule has 2 aromatic rings. The van der Waals surface area contributed by atoms with Crippen LogP contribution in [0, 0.1) is 12.3 Å². The van der Waals surface area contributed by atoms with Crippen molar-refractivity contribution in [2.24, 2.45) is 0 Å². The fourth-order valence-electron chi connectivity index (χ4n) is 2.16. The quantitative estimate of drug-likeness (QED) is 0.556. The highest BCUT2D eigenvalue weighted by molar-refractivity contribution is 5.76. The summed E-state index contributed by atoms with van der Waals surface area (Å²) >= 11 is 0. The van der Waals surface area contributed by atoms with Crippen molar-refractivity contribution in [1.29, 1.82) is 0 Å². The molecular formula is C18H16F3N3O2. The first-order valence-corrected chi connectivity index (χ1v) is 7.67. The lowest BCUT2D eigenvalue weighted by molar-refractivity contribution is -0.159. The van der Waals surface area contributed by atoms with Crippen LogP contribution >= 0.6 is 0 Å². The van der Waals surface area contributed by atoms with Crippen molar-refractivity contribution in [3.05, 3.63) is 48.4 Å². The number of alkyl halides is 3. The van der Waals surface area contributed by atoms with E-state index >= 15 is 0 Å². The number of nitrogens with zero attached hydrogens (tertiary/aromatic N) is 3. The highest BCUT2D eigenvalue weighted by Crippen LogP contribution is 2.29. The molecule has 8 heteroatoms. The number of carbonyl (C=O) groups excluding carboxylic acids is 1. The van der Waals surface area contributed by atoms with E-state index in [4.69, 9.17) is 6.42 Å². The largest absolute Gasteiger partial charge is 0.471 e. The molecule has 0 atom stereocenters. The first kappa shape index (κ1) is 19.2. The van der Waals surface area contributed by atoms with Gasteiger partial charge in [-0.25, -0.2) is 0 Å². The average molecular weight is 363 g/mol. The third kappa shape index (κ3) is 4.96. The predicted molar refractivity (Wildman–Crippen MR) is 88.4 cm³/mol. The molecular weight excluding hydrogens is 347 g/mol. The second kappa shape index (κ2) is 8.34. The standard InChI is InChI=1S/C18H16F3N3O2/c1-3-5-6-15(25)24(11-4-2)12-13-7-9-14(10-8-13)16-22-17(26-23-16)18(19,20)21/h2-3,7-10H,1,5-6,11-12H2. The first-order chi connectivity index (χ1) is 12.3. The number of aromatic nitrogens is 2. The van der Waals surface area contributed by atoms with Crippen LogP contribution in [0.1, 0.15) is 24.3 Å². The van der Waals surface area contributed by atoms with Crippen LogP contribution in [-0.4, -0.2) is 27.5 Å². The Hall–Kier alpha value is -3.08. The van der Waals surface area contributed by atoms with E-state index in [1.54, 1.807) is 30.3 Å². The summed E-state index contributed by atoms with van der Waals surface area (Å²) in [6.07, 6.45) is 3.14. The van der Waals surface area contributed by atoms with Crippen LogP contribution < -0.4 is 0 Å². The number of halogens is 3. The number of carbonyl (C=O) groups is 1. The van der Waals surface area contributed by atoms with Gasteiger partial charge in [0.15, 0.2) is 0 Å². The molecule has 0 aliphatic rings. The minimum atomic E-state index is -4.69. The fraction of sp³-hybridized carbons (Fsp3) is 0.278. The molecule has 5 nitrogen and oxygen atoms in total. The molecule has 1 heterocycles. The van der Waals surface area contributed by atoms with Crippen molar-refractivity contribution in [2.75, 3.05) is 6.54 Å². The predicted octanol–water partition coefficient (Wildman–Crippen LogP) is 3.68. The van der Waals surface area contributed by atoms with Gasteiger partial charge in [-0.05, 0) is 12.0 Å². The molecule has 0 saturated heterocycles. The number of terminal acetylenes is 1. The van der Waals surface area contributed by atoms with E-state index in [1.165, 1.54) is 4.90 Å². The summed E-state index contributed by atoms with van der Waals surface area (Å²) in [7, 11) is 0. The van der Waals surface area contributed by atoms with Crippen molar-refractivity contribution < 1.29 is 22.5 Å². The Labute approximate surface area is 148 Å². The third-order valence-corrected chi connectivity index (χ3v) is 3.45. The minimum Gasteiger partial charge on any atom is -0.329 e. The lowest BCUT2D eigenvalue weighted by atomic mass is 10.1. The summed E-state index contributed by atoms with van der Waals surface area (Å²) in [5.41, 5.74) is 1.14. The van der Waals surface area contributed by atoms with Crippen LogP contribution in [0.5, 0.6) is 0 Å². The molecule has 0 saturated carbocycles. The minimum absolute atomic E-state index is 0.0973. The maximum atomic E-state index is 12.5. The molecule has 136 valence electrons. The van der Waals surface area contributed by atoms with Crippen molar-refractivity contribution in [2.45, 2.75) is 25.6 Å². The Kier molecular flexibility index (Phi) is 6.17. The summed E-state index contributed by atoms with van der Waals surface area (Å²) in [5, 5.41) is 3.33. The van der Waals surface area contributed by atoms with Gasteiger partial charge in [-0.3, -0.25) is 4.79 Å². The lowest BCUT2D eigenvalue weighted by Gasteiger charge is -2.20. The van der Waals surface area contributed by atoms with Gasteiger partial charge in [-0.1, -0.05) is 41.4 Å². The Morgan fingerprint density at radius 1 is 1.35 bits per heavy atom. The van der Waals surface area contributed by atoms with Gasteiger partial charge >= 0.3 is 12.1 Å². The molecule has 0 fully saturated rings. The summed E-state index contributed by atoms with van der Waals surface area (Å²) in [6, 6.07) is 6.46. The molecule has 1 aromatic carbocycles. The zero-order chi connectivity index (χ0) is 19.2. The first-order valence-electron chi connectivity index (χ1n) is 7.67. The third-order valence-electron chi connectivity index (χ3n) is 3.45. The highest BCUT2D eigenvalue weighted by atomic mass is 19.4. The zero-order valence-electron chi connectivity index (χ0n) is 13.8. The van der Waals surface area contributed by atoms with Gasteiger partial charge in [0.25, 0.3) is 0 Å². The summed E-state index contributed by atoms with van der Waals surface area (Å²) < 4.78 is 41.7. The summed E-state index contributed by atoms with van der Waals surface area (Å²) in [5.74, 6) is 0.783. The molecule has 0 unspecified atom stereocenters. The number of hydrogen-bond acceptors (Lipinski definition) is 4. The second-order valence-electron chi connectivity index (χ2n) is 5.40. The molecule has 0 radical (unpaired) electrons. The SMILES string of the molecule is C#CCN(Cc1ccc(-c2noc(C(F)(F)F)n2)cc1)C(=O)CCC=C. The number of benzene rings is 1. The van der Waals surface area contributed by atoms with Crippen LogP contribution in [0.25, 0.3) is 11.4 Å². The normalized spacial score (nSPS) is 11.0. The number of rotatable bonds is 7. The fourth-order valence-corrected chi connectivity index (χ4v) is 2.16. The summed E-state index contributed by atoms with van der Waals surface area (Å²) in [6.45, 7) is 4.03. The van der Waals surface area contributed by atoms with E-state index < -0.39 is 12.1 Å². The van der Waals surface area contributed by atoms with Crippen molar-refractivity contribution in [3.63, 3.8) is 0 Å². The monoisotopic (exact) mass is 363 g/mol. The second-order valence-corrected chi connectivity index (χ2v) is 5.40. The van der Waals surface area contributed by atoms with Crippen LogP contribution in [0.2, 0.25) is 0 Å². The lowest BCUT2D eigenvalue weighted by Crippen LogP contribution is -2.30. The van der Waals surface area contributed by atoms with Crippen LogP contribution in [-0.2, 0) is 17.5 Å². The molecule has 0 aliphatic heterocycles.